The number of hydrogen-bond acceptors (Lipinski definition) is 5. The topological polar surface area (TPSA) is 95.7 Å². The van der Waals surface area contributed by atoms with Gasteiger partial charge in [0.1, 0.15) is 0 Å². The second-order valence-corrected chi connectivity index (χ2v) is 8.50. The van der Waals surface area contributed by atoms with Crippen molar-refractivity contribution >= 4 is 15.9 Å². The molecular weight excluding hydrogens is 320 g/mol. The third kappa shape index (κ3) is 4.10. The van der Waals surface area contributed by atoms with Crippen LogP contribution in [0.3, 0.4) is 0 Å². The number of aryl methyl sites for hydroxylation is 2. The molecule has 0 aliphatic carbocycles. The average Bonchev–Trinajstić information content (AvgIpc) is 2.93. The van der Waals surface area contributed by atoms with Crippen LogP contribution in [0.2, 0.25) is 0 Å². The minimum absolute atomic E-state index is 0.120. The summed E-state index contributed by atoms with van der Waals surface area (Å²) in [6, 6.07) is 0. The highest BCUT2D eigenvalue weighted by molar-refractivity contribution is 7.89. The normalized spacial score (nSPS) is 22.1. The number of rotatable bonds is 5. The monoisotopic (exact) mass is 344 g/mol. The van der Waals surface area contributed by atoms with Crippen molar-refractivity contribution in [3.63, 3.8) is 0 Å². The Morgan fingerprint density at radius 1 is 1.43 bits per heavy atom. The maximum atomic E-state index is 12.4. The van der Waals surface area contributed by atoms with Gasteiger partial charge in [-0.15, -0.1) is 0 Å². The zero-order valence-corrected chi connectivity index (χ0v) is 14.7. The van der Waals surface area contributed by atoms with Gasteiger partial charge in [0.2, 0.25) is 15.9 Å². The number of amides is 1. The van der Waals surface area contributed by atoms with Crippen LogP contribution in [0.5, 0.6) is 0 Å². The van der Waals surface area contributed by atoms with E-state index in [2.05, 4.69) is 5.10 Å². The molecule has 0 aromatic carbocycles. The Morgan fingerprint density at radius 2 is 2.09 bits per heavy atom. The van der Waals surface area contributed by atoms with Gasteiger partial charge >= 0.3 is 0 Å². The third-order valence-electron chi connectivity index (χ3n) is 4.20. The van der Waals surface area contributed by atoms with Gasteiger partial charge in [-0.25, -0.2) is 12.7 Å². The molecule has 8 nitrogen and oxygen atoms in total. The highest BCUT2D eigenvalue weighted by Crippen LogP contribution is 2.21. The predicted molar refractivity (Wildman–Crippen MR) is 85.2 cm³/mol. The quantitative estimate of drug-likeness (QED) is 0.738. The lowest BCUT2D eigenvalue weighted by Crippen LogP contribution is -2.34. The van der Waals surface area contributed by atoms with Gasteiger partial charge in [0.25, 0.3) is 0 Å². The van der Waals surface area contributed by atoms with Crippen LogP contribution < -0.4 is 0 Å². The van der Waals surface area contributed by atoms with Crippen molar-refractivity contribution in [2.75, 3.05) is 32.9 Å². The van der Waals surface area contributed by atoms with Gasteiger partial charge in [-0.3, -0.25) is 9.48 Å². The average molecular weight is 344 g/mol. The third-order valence-corrected chi connectivity index (χ3v) is 6.16. The SMILES string of the molecule is Cc1nn(C)cc1CC(=O)N1C[C@@H](CS(=O)(=O)N(C)C)[C@@H](O)C1. The van der Waals surface area contributed by atoms with Crippen LogP contribution >= 0.6 is 0 Å². The molecule has 1 aliphatic heterocycles. The van der Waals surface area contributed by atoms with Crippen molar-refractivity contribution < 1.29 is 18.3 Å². The van der Waals surface area contributed by atoms with E-state index >= 15 is 0 Å². The second kappa shape index (κ2) is 6.58. The maximum Gasteiger partial charge on any atom is 0.227 e. The van der Waals surface area contributed by atoms with Crippen LogP contribution in [0, 0.1) is 12.8 Å². The molecular formula is C14H24N4O4S. The highest BCUT2D eigenvalue weighted by atomic mass is 32.2. The van der Waals surface area contributed by atoms with Gasteiger partial charge in [0.05, 0.1) is 24.0 Å². The molecule has 130 valence electrons. The van der Waals surface area contributed by atoms with E-state index < -0.39 is 22.0 Å². The minimum atomic E-state index is -3.40. The van der Waals surface area contributed by atoms with E-state index in [0.717, 1.165) is 15.6 Å². The van der Waals surface area contributed by atoms with Gasteiger partial charge < -0.3 is 10.0 Å². The first kappa shape index (κ1) is 17.9. The van der Waals surface area contributed by atoms with E-state index in [1.807, 2.05) is 6.92 Å². The number of nitrogens with zero attached hydrogens (tertiary/aromatic N) is 4. The predicted octanol–water partition coefficient (Wildman–Crippen LogP) is -1.02. The standard InChI is InChI=1S/C14H24N4O4S/c1-10-11(6-17(4)15-10)5-14(20)18-7-12(13(19)8-18)9-23(21,22)16(2)3/h6,12-13,19H,5,7-9H2,1-4H3/t12-,13-/m0/s1. The summed E-state index contributed by atoms with van der Waals surface area (Å²) in [6.45, 7) is 2.27. The molecule has 2 heterocycles. The molecule has 1 aromatic rings. The lowest BCUT2D eigenvalue weighted by atomic mass is 10.1. The van der Waals surface area contributed by atoms with Crippen LogP contribution in [0.15, 0.2) is 6.20 Å². The number of carbonyl (C=O) groups is 1. The molecule has 0 spiro atoms. The molecule has 1 aromatic heterocycles. The number of aromatic nitrogens is 2. The summed E-state index contributed by atoms with van der Waals surface area (Å²) in [5.41, 5.74) is 1.64. The molecule has 9 heteroatoms. The van der Waals surface area contributed by atoms with Crippen molar-refractivity contribution in [3.05, 3.63) is 17.5 Å². The fourth-order valence-electron chi connectivity index (χ4n) is 2.74. The Kier molecular flexibility index (Phi) is 5.12. The lowest BCUT2D eigenvalue weighted by Gasteiger charge is -2.18. The Labute approximate surface area is 136 Å². The first-order valence-electron chi connectivity index (χ1n) is 7.45. The summed E-state index contributed by atoms with van der Waals surface area (Å²) in [5, 5.41) is 14.3. The number of carbonyl (C=O) groups excluding carboxylic acids is 1. The van der Waals surface area contributed by atoms with E-state index in [1.54, 1.807) is 17.9 Å². The fraction of sp³-hybridized carbons (Fsp3) is 0.714. The molecule has 0 bridgehead atoms. The number of aliphatic hydroxyl groups is 1. The molecule has 1 aliphatic rings. The molecule has 23 heavy (non-hydrogen) atoms. The summed E-state index contributed by atoms with van der Waals surface area (Å²) in [6.07, 6.45) is 1.19. The Bertz CT molecular complexity index is 683. The smallest absolute Gasteiger partial charge is 0.227 e. The molecule has 1 amide bonds. The zero-order valence-electron chi connectivity index (χ0n) is 13.9. The maximum absolute atomic E-state index is 12.4. The Morgan fingerprint density at radius 3 is 2.61 bits per heavy atom. The van der Waals surface area contributed by atoms with Crippen molar-refractivity contribution in [1.82, 2.24) is 19.0 Å². The molecule has 0 saturated carbocycles. The number of aliphatic hydroxyl groups excluding tert-OH is 1. The van der Waals surface area contributed by atoms with Gasteiger partial charge in [-0.1, -0.05) is 0 Å². The molecule has 1 saturated heterocycles. The molecule has 1 fully saturated rings. The van der Waals surface area contributed by atoms with Crippen LogP contribution in [0.25, 0.3) is 0 Å². The summed E-state index contributed by atoms with van der Waals surface area (Å²) in [5.74, 6) is -0.733. The van der Waals surface area contributed by atoms with Gasteiger partial charge in [0, 0.05) is 51.9 Å². The van der Waals surface area contributed by atoms with Gasteiger partial charge in [-0.05, 0) is 6.92 Å². The summed E-state index contributed by atoms with van der Waals surface area (Å²) in [7, 11) is 1.32. The van der Waals surface area contributed by atoms with E-state index in [0.29, 0.717) is 0 Å². The van der Waals surface area contributed by atoms with Gasteiger partial charge in [0.15, 0.2) is 0 Å². The van der Waals surface area contributed by atoms with Gasteiger partial charge in [-0.2, -0.15) is 5.10 Å². The number of β-amino-alcohol motifs (C(OH)–C–C–N with tert-alkyl or cyclic N) is 1. The Balaban J connectivity index is 2.00. The van der Waals surface area contributed by atoms with Crippen molar-refractivity contribution in [2.24, 2.45) is 13.0 Å². The van der Waals surface area contributed by atoms with E-state index in [9.17, 15) is 18.3 Å². The first-order valence-corrected chi connectivity index (χ1v) is 9.06. The van der Waals surface area contributed by atoms with Crippen molar-refractivity contribution in [3.8, 4) is 0 Å². The summed E-state index contributed by atoms with van der Waals surface area (Å²) in [4.78, 5) is 13.9. The zero-order chi connectivity index (χ0) is 17.4. The van der Waals surface area contributed by atoms with E-state index in [4.69, 9.17) is 0 Å². The minimum Gasteiger partial charge on any atom is -0.391 e. The van der Waals surface area contributed by atoms with Crippen LogP contribution in [-0.2, 0) is 28.3 Å². The fourth-order valence-corrected chi connectivity index (χ4v) is 3.90. The molecule has 0 radical (unpaired) electrons. The van der Waals surface area contributed by atoms with E-state index in [1.165, 1.54) is 19.0 Å². The number of hydrogen-bond donors (Lipinski definition) is 1. The van der Waals surface area contributed by atoms with Crippen LogP contribution in [0.4, 0.5) is 0 Å². The highest BCUT2D eigenvalue weighted by Gasteiger charge is 2.37. The lowest BCUT2D eigenvalue weighted by molar-refractivity contribution is -0.129. The molecule has 2 atom stereocenters. The van der Waals surface area contributed by atoms with E-state index in [-0.39, 0.29) is 31.2 Å². The molecule has 2 rings (SSSR count). The van der Waals surface area contributed by atoms with Crippen molar-refractivity contribution in [1.29, 1.82) is 0 Å². The van der Waals surface area contributed by atoms with Crippen molar-refractivity contribution in [2.45, 2.75) is 19.4 Å². The van der Waals surface area contributed by atoms with Crippen LogP contribution in [0.1, 0.15) is 11.3 Å². The Hall–Kier alpha value is -1.45. The number of sulfonamides is 1. The summed E-state index contributed by atoms with van der Waals surface area (Å²) >= 11 is 0. The number of likely N-dealkylation sites (tertiary alicyclic amines) is 1. The summed E-state index contributed by atoms with van der Waals surface area (Å²) < 4.78 is 26.7. The largest absolute Gasteiger partial charge is 0.391 e. The van der Waals surface area contributed by atoms with Crippen LogP contribution in [-0.4, -0.2) is 77.5 Å². The molecule has 1 N–H and O–H groups in total. The first-order chi connectivity index (χ1) is 10.6. The second-order valence-electron chi connectivity index (χ2n) is 6.28. The molecule has 0 unspecified atom stereocenters.